The molecule has 0 aliphatic rings. The van der Waals surface area contributed by atoms with Crippen molar-refractivity contribution in [2.24, 2.45) is 0 Å². The number of imidazole rings is 1. The van der Waals surface area contributed by atoms with Crippen molar-refractivity contribution in [2.45, 2.75) is 26.3 Å². The number of aromatic nitrogens is 6. The molecule has 182 valence electrons. The number of esters is 1. The third-order valence-electron chi connectivity index (χ3n) is 4.97. The highest BCUT2D eigenvalue weighted by Gasteiger charge is 2.18. The van der Waals surface area contributed by atoms with Gasteiger partial charge >= 0.3 is 12.0 Å². The highest BCUT2D eigenvalue weighted by Crippen LogP contribution is 2.27. The number of ether oxygens (including phenoxy) is 4. The zero-order valence-corrected chi connectivity index (χ0v) is 19.6. The molecule has 4 aromatic heterocycles. The minimum atomic E-state index is -0.520. The van der Waals surface area contributed by atoms with E-state index in [0.29, 0.717) is 42.0 Å². The molecule has 0 unspecified atom stereocenters. The van der Waals surface area contributed by atoms with Crippen LogP contribution in [0.2, 0.25) is 0 Å². The summed E-state index contributed by atoms with van der Waals surface area (Å²) >= 11 is 0. The molecule has 0 radical (unpaired) electrons. The van der Waals surface area contributed by atoms with Crippen LogP contribution in [0.5, 0.6) is 23.7 Å². The van der Waals surface area contributed by atoms with Crippen molar-refractivity contribution < 1.29 is 23.7 Å². The standard InChI is InChI=1S/C23H25N7O5/c1-4-5-10-34-22-28-19(24)18-20(29-22)30(23(27-18)33-3)13-14-6-9-17(26-11-14)35-15-7-8-16(25-12-15)21(31)32-2/h6-9,11-12H,4-5,10,13H2,1-3H3,(H2,24,28,29). The molecule has 0 spiro atoms. The fourth-order valence-electron chi connectivity index (χ4n) is 3.19. The third-order valence-corrected chi connectivity index (χ3v) is 4.97. The molecule has 0 saturated carbocycles. The van der Waals surface area contributed by atoms with E-state index in [9.17, 15) is 4.79 Å². The van der Waals surface area contributed by atoms with Gasteiger partial charge in [-0.2, -0.15) is 15.0 Å². The lowest BCUT2D eigenvalue weighted by Crippen LogP contribution is -2.07. The number of nitrogens with two attached hydrogens (primary N) is 1. The zero-order valence-electron chi connectivity index (χ0n) is 19.6. The lowest BCUT2D eigenvalue weighted by molar-refractivity contribution is 0.0594. The summed E-state index contributed by atoms with van der Waals surface area (Å²) in [5.41, 5.74) is 8.06. The number of pyridine rings is 2. The summed E-state index contributed by atoms with van der Waals surface area (Å²) in [6.07, 6.45) is 4.97. The summed E-state index contributed by atoms with van der Waals surface area (Å²) in [6, 6.07) is 7.23. The van der Waals surface area contributed by atoms with Gasteiger partial charge in [-0.15, -0.1) is 0 Å². The number of carbonyl (C=O) groups excluding carboxylic acids is 1. The second kappa shape index (κ2) is 10.6. The van der Waals surface area contributed by atoms with Crippen molar-refractivity contribution in [3.8, 4) is 23.7 Å². The van der Waals surface area contributed by atoms with Gasteiger partial charge in [0.2, 0.25) is 5.88 Å². The lowest BCUT2D eigenvalue weighted by Gasteiger charge is -2.09. The maximum absolute atomic E-state index is 11.5. The molecule has 35 heavy (non-hydrogen) atoms. The molecular weight excluding hydrogens is 454 g/mol. The van der Waals surface area contributed by atoms with E-state index in [0.717, 1.165) is 18.4 Å². The Balaban J connectivity index is 1.53. The van der Waals surface area contributed by atoms with E-state index in [1.165, 1.54) is 26.5 Å². The first-order chi connectivity index (χ1) is 17.0. The van der Waals surface area contributed by atoms with Gasteiger partial charge in [0.1, 0.15) is 11.4 Å². The summed E-state index contributed by atoms with van der Waals surface area (Å²) in [7, 11) is 2.82. The molecule has 0 aromatic carbocycles. The summed E-state index contributed by atoms with van der Waals surface area (Å²) in [6.45, 7) is 2.94. The van der Waals surface area contributed by atoms with Gasteiger partial charge in [0.25, 0.3) is 6.01 Å². The Morgan fingerprint density at radius 3 is 2.57 bits per heavy atom. The molecule has 0 bridgehead atoms. The Kier molecular flexibility index (Phi) is 7.19. The third kappa shape index (κ3) is 5.37. The van der Waals surface area contributed by atoms with Gasteiger partial charge in [-0.1, -0.05) is 19.4 Å². The number of fused-ring (bicyclic) bond motifs is 1. The summed E-state index contributed by atoms with van der Waals surface area (Å²) < 4.78 is 23.2. The number of unbranched alkanes of at least 4 members (excludes halogenated alkanes) is 1. The minimum absolute atomic E-state index is 0.188. The van der Waals surface area contributed by atoms with Gasteiger partial charge in [0, 0.05) is 12.3 Å². The molecule has 12 heteroatoms. The number of hydrogen-bond donors (Lipinski definition) is 1. The molecular formula is C23H25N7O5. The number of rotatable bonds is 10. The molecule has 12 nitrogen and oxygen atoms in total. The highest BCUT2D eigenvalue weighted by atomic mass is 16.5. The second-order valence-electron chi connectivity index (χ2n) is 7.43. The minimum Gasteiger partial charge on any atom is -0.468 e. The average molecular weight is 479 g/mol. The van der Waals surface area contributed by atoms with Crippen LogP contribution in [-0.2, 0) is 11.3 Å². The van der Waals surface area contributed by atoms with Crippen molar-refractivity contribution in [3.63, 3.8) is 0 Å². The zero-order chi connectivity index (χ0) is 24.8. The SMILES string of the molecule is CCCCOc1nc(N)c2nc(OC)n(Cc3ccc(Oc4ccc(C(=O)OC)nc4)nc3)c2n1. The van der Waals surface area contributed by atoms with Crippen molar-refractivity contribution in [1.82, 2.24) is 29.5 Å². The van der Waals surface area contributed by atoms with Gasteiger partial charge in [-0.25, -0.2) is 14.8 Å². The molecule has 0 aliphatic carbocycles. The van der Waals surface area contributed by atoms with Crippen LogP contribution < -0.4 is 19.9 Å². The van der Waals surface area contributed by atoms with Crippen LogP contribution in [0.4, 0.5) is 5.82 Å². The van der Waals surface area contributed by atoms with Gasteiger partial charge in [0.05, 0.1) is 33.6 Å². The number of methoxy groups -OCH3 is 2. The van der Waals surface area contributed by atoms with Crippen LogP contribution in [0, 0.1) is 0 Å². The van der Waals surface area contributed by atoms with E-state index >= 15 is 0 Å². The van der Waals surface area contributed by atoms with Crippen molar-refractivity contribution >= 4 is 23.0 Å². The van der Waals surface area contributed by atoms with E-state index in [-0.39, 0.29) is 17.5 Å². The Hall–Kier alpha value is -4.48. The van der Waals surface area contributed by atoms with Crippen molar-refractivity contribution in [1.29, 1.82) is 0 Å². The topological polar surface area (TPSA) is 149 Å². The van der Waals surface area contributed by atoms with Crippen LogP contribution in [-0.4, -0.2) is 56.3 Å². The molecule has 0 aliphatic heterocycles. The number of nitrogen functional groups attached to an aromatic ring is 1. The molecule has 2 N–H and O–H groups in total. The fourth-order valence-corrected chi connectivity index (χ4v) is 3.19. The van der Waals surface area contributed by atoms with Crippen LogP contribution in [0.3, 0.4) is 0 Å². The van der Waals surface area contributed by atoms with Gasteiger partial charge in [0.15, 0.2) is 17.0 Å². The molecule has 0 amide bonds. The molecule has 4 aromatic rings. The van der Waals surface area contributed by atoms with Gasteiger partial charge < -0.3 is 24.7 Å². The first-order valence-corrected chi connectivity index (χ1v) is 10.9. The number of carbonyl (C=O) groups is 1. The predicted molar refractivity (Wildman–Crippen MR) is 126 cm³/mol. The Morgan fingerprint density at radius 2 is 1.91 bits per heavy atom. The predicted octanol–water partition coefficient (Wildman–Crippen LogP) is 3.01. The van der Waals surface area contributed by atoms with E-state index in [2.05, 4.69) is 36.6 Å². The Bertz CT molecular complexity index is 1310. The fraction of sp³-hybridized carbons (Fsp3) is 0.304. The number of hydrogen-bond acceptors (Lipinski definition) is 11. The van der Waals surface area contributed by atoms with Gasteiger partial charge in [-0.05, 0) is 24.1 Å². The summed E-state index contributed by atoms with van der Waals surface area (Å²) in [4.78, 5) is 33.0. The first-order valence-electron chi connectivity index (χ1n) is 10.9. The molecule has 4 heterocycles. The van der Waals surface area contributed by atoms with Crippen molar-refractivity contribution in [3.05, 3.63) is 47.9 Å². The van der Waals surface area contributed by atoms with Crippen LogP contribution in [0.15, 0.2) is 36.7 Å². The highest BCUT2D eigenvalue weighted by molar-refractivity contribution is 5.87. The van der Waals surface area contributed by atoms with E-state index in [4.69, 9.17) is 19.9 Å². The van der Waals surface area contributed by atoms with Crippen molar-refractivity contribution in [2.75, 3.05) is 26.6 Å². The maximum Gasteiger partial charge on any atom is 0.356 e. The second-order valence-corrected chi connectivity index (χ2v) is 7.43. The van der Waals surface area contributed by atoms with Crippen LogP contribution >= 0.6 is 0 Å². The Morgan fingerprint density at radius 1 is 1.06 bits per heavy atom. The van der Waals surface area contributed by atoms with Gasteiger partial charge in [-0.3, -0.25) is 4.57 Å². The Labute approximate surface area is 201 Å². The van der Waals surface area contributed by atoms with E-state index in [1.807, 2.05) is 6.07 Å². The largest absolute Gasteiger partial charge is 0.468 e. The monoisotopic (exact) mass is 479 g/mol. The lowest BCUT2D eigenvalue weighted by atomic mass is 10.3. The molecule has 0 atom stereocenters. The smallest absolute Gasteiger partial charge is 0.356 e. The van der Waals surface area contributed by atoms with E-state index < -0.39 is 5.97 Å². The molecule has 4 rings (SSSR count). The molecule has 0 saturated heterocycles. The summed E-state index contributed by atoms with van der Waals surface area (Å²) in [5.74, 6) is 0.491. The van der Waals surface area contributed by atoms with Crippen LogP contribution in [0.25, 0.3) is 11.2 Å². The number of nitrogens with zero attached hydrogens (tertiary/aromatic N) is 6. The maximum atomic E-state index is 11.5. The quantitative estimate of drug-likeness (QED) is 0.264. The number of anilines is 1. The first kappa shape index (κ1) is 23.7. The normalized spacial score (nSPS) is 10.8. The van der Waals surface area contributed by atoms with Crippen LogP contribution in [0.1, 0.15) is 35.8 Å². The average Bonchev–Trinajstić information content (AvgIpc) is 3.23. The summed E-state index contributed by atoms with van der Waals surface area (Å²) in [5, 5.41) is 0. The molecule has 0 fully saturated rings. The van der Waals surface area contributed by atoms with E-state index in [1.54, 1.807) is 22.9 Å².